The van der Waals surface area contributed by atoms with Crippen LogP contribution in [0.1, 0.15) is 57.8 Å². The minimum absolute atomic E-state index is 0.810. The topological polar surface area (TPSA) is 24.1 Å². The van der Waals surface area contributed by atoms with Crippen molar-refractivity contribution in [2.45, 2.75) is 109 Å². The Bertz CT molecular complexity index is 325. The van der Waals surface area contributed by atoms with E-state index in [2.05, 4.69) is 49.2 Å². The minimum atomic E-state index is -1.17. The summed E-state index contributed by atoms with van der Waals surface area (Å²) in [5.41, 5.74) is 0. The van der Waals surface area contributed by atoms with Gasteiger partial charge in [-0.1, -0.05) is 65.0 Å². The molecule has 0 amide bonds. The van der Waals surface area contributed by atoms with Crippen molar-refractivity contribution in [3.05, 3.63) is 0 Å². The van der Waals surface area contributed by atoms with E-state index in [0.717, 1.165) is 23.9 Å². The fraction of sp³-hybridized carbons (Fsp3) is 1.00. The summed E-state index contributed by atoms with van der Waals surface area (Å²) in [5.74, 6) is 1.87. The van der Waals surface area contributed by atoms with E-state index in [1.165, 1.54) is 57.8 Å². The second-order valence-corrected chi connectivity index (χ2v) is 19.9. The predicted molar refractivity (Wildman–Crippen MR) is 109 cm³/mol. The first-order valence-corrected chi connectivity index (χ1v) is 17.2. The molecule has 0 radical (unpaired) electrons. The molecule has 0 aromatic heterocycles. The van der Waals surface area contributed by atoms with Gasteiger partial charge in [-0.05, 0) is 43.9 Å². The van der Waals surface area contributed by atoms with E-state index >= 15 is 0 Å². The maximum absolute atomic E-state index is 4.09. The van der Waals surface area contributed by atoms with Crippen molar-refractivity contribution in [2.24, 2.45) is 11.8 Å². The highest BCUT2D eigenvalue weighted by atomic mass is 28.3. The van der Waals surface area contributed by atoms with Crippen molar-refractivity contribution in [2.75, 3.05) is 0 Å². The SMILES string of the molecule is C[Si](C)(C)NC1CCCCC1CC1CCCCC1N[Si](C)(C)C. The van der Waals surface area contributed by atoms with Crippen LogP contribution in [0.25, 0.3) is 0 Å². The van der Waals surface area contributed by atoms with Crippen LogP contribution in [0.5, 0.6) is 0 Å². The molecule has 0 spiro atoms. The van der Waals surface area contributed by atoms with Gasteiger partial charge in [0.15, 0.2) is 0 Å². The monoisotopic (exact) mass is 354 g/mol. The van der Waals surface area contributed by atoms with Crippen LogP contribution in [0, 0.1) is 11.8 Å². The lowest BCUT2D eigenvalue weighted by Gasteiger charge is -2.42. The molecule has 2 aliphatic carbocycles. The van der Waals surface area contributed by atoms with Gasteiger partial charge in [-0.15, -0.1) is 0 Å². The van der Waals surface area contributed by atoms with Crippen molar-refractivity contribution in [1.82, 2.24) is 9.96 Å². The van der Waals surface area contributed by atoms with Gasteiger partial charge in [-0.3, -0.25) is 0 Å². The first-order chi connectivity index (χ1) is 10.6. The number of hydrogen-bond donors (Lipinski definition) is 2. The van der Waals surface area contributed by atoms with Gasteiger partial charge >= 0.3 is 0 Å². The Balaban J connectivity index is 1.98. The molecule has 2 nitrogen and oxygen atoms in total. The average molecular weight is 355 g/mol. The fourth-order valence-electron chi connectivity index (χ4n) is 4.86. The van der Waals surface area contributed by atoms with E-state index in [1.807, 2.05) is 0 Å². The first kappa shape index (κ1) is 19.7. The van der Waals surface area contributed by atoms with Crippen molar-refractivity contribution in [1.29, 1.82) is 0 Å². The summed E-state index contributed by atoms with van der Waals surface area (Å²) < 4.78 is 0. The van der Waals surface area contributed by atoms with Crippen LogP contribution in [0.4, 0.5) is 0 Å². The van der Waals surface area contributed by atoms with E-state index in [9.17, 15) is 0 Å². The van der Waals surface area contributed by atoms with Gasteiger partial charge in [0, 0.05) is 12.1 Å². The molecule has 0 heterocycles. The molecule has 2 rings (SSSR count). The third-order valence-corrected chi connectivity index (χ3v) is 8.13. The highest BCUT2D eigenvalue weighted by molar-refractivity contribution is 6.74. The standard InChI is InChI=1S/C19H42N2Si2/c1-22(2,3)20-18-13-9-7-11-16(18)15-17-12-8-10-14-19(17)21-23(4,5)6/h16-21H,7-15H2,1-6H3. The molecule has 2 fully saturated rings. The summed E-state index contributed by atoms with van der Waals surface area (Å²) in [4.78, 5) is 8.18. The molecular formula is C19H42N2Si2. The van der Waals surface area contributed by atoms with E-state index < -0.39 is 16.5 Å². The van der Waals surface area contributed by atoms with E-state index in [0.29, 0.717) is 0 Å². The zero-order valence-electron chi connectivity index (χ0n) is 16.7. The summed E-state index contributed by atoms with van der Waals surface area (Å²) in [7, 11) is -2.33. The summed E-state index contributed by atoms with van der Waals surface area (Å²) in [6.07, 6.45) is 13.1. The van der Waals surface area contributed by atoms with E-state index in [1.54, 1.807) is 0 Å². The Morgan fingerprint density at radius 2 is 0.957 bits per heavy atom. The zero-order chi connectivity index (χ0) is 17.1. The molecular weight excluding hydrogens is 312 g/mol. The highest BCUT2D eigenvalue weighted by Gasteiger charge is 2.35. The fourth-order valence-corrected chi connectivity index (χ4v) is 7.85. The van der Waals surface area contributed by atoms with Gasteiger partial charge in [0.05, 0.1) is 0 Å². The lowest BCUT2D eigenvalue weighted by Crippen LogP contribution is -2.54. The van der Waals surface area contributed by atoms with Crippen LogP contribution in [-0.4, -0.2) is 28.6 Å². The van der Waals surface area contributed by atoms with E-state index in [-0.39, 0.29) is 0 Å². The van der Waals surface area contributed by atoms with Gasteiger partial charge in [0.1, 0.15) is 16.5 Å². The van der Waals surface area contributed by atoms with Crippen LogP contribution in [0.2, 0.25) is 39.3 Å². The van der Waals surface area contributed by atoms with Crippen LogP contribution in [0.15, 0.2) is 0 Å². The average Bonchev–Trinajstić information content (AvgIpc) is 2.40. The number of hydrogen-bond acceptors (Lipinski definition) is 2. The maximum Gasteiger partial charge on any atom is 0.116 e. The maximum atomic E-state index is 4.09. The summed E-state index contributed by atoms with van der Waals surface area (Å²) in [5, 5.41) is 0. The summed E-state index contributed by atoms with van der Waals surface area (Å²) >= 11 is 0. The lowest BCUT2D eigenvalue weighted by molar-refractivity contribution is 0.186. The molecule has 0 aliphatic heterocycles. The smallest absolute Gasteiger partial charge is 0.116 e. The van der Waals surface area contributed by atoms with Gasteiger partial charge in [0.25, 0.3) is 0 Å². The summed E-state index contributed by atoms with van der Waals surface area (Å²) in [6, 6.07) is 1.62. The van der Waals surface area contributed by atoms with Gasteiger partial charge in [-0.2, -0.15) is 0 Å². The molecule has 2 saturated carbocycles. The molecule has 0 aromatic carbocycles. The molecule has 23 heavy (non-hydrogen) atoms. The summed E-state index contributed by atoms with van der Waals surface area (Å²) in [6.45, 7) is 14.8. The Morgan fingerprint density at radius 3 is 1.30 bits per heavy atom. The van der Waals surface area contributed by atoms with Crippen LogP contribution < -0.4 is 9.96 Å². The molecule has 4 heteroatoms. The molecule has 0 bridgehead atoms. The predicted octanol–water partition coefficient (Wildman–Crippen LogP) is 5.34. The van der Waals surface area contributed by atoms with Crippen molar-refractivity contribution < 1.29 is 0 Å². The molecule has 136 valence electrons. The Kier molecular flexibility index (Phi) is 6.98. The third kappa shape index (κ3) is 7.01. The Hall–Kier alpha value is 0.354. The second kappa shape index (κ2) is 8.16. The Labute approximate surface area is 147 Å². The molecule has 0 saturated heterocycles. The first-order valence-electron chi connectivity index (χ1n) is 10.2. The van der Waals surface area contributed by atoms with Crippen molar-refractivity contribution >= 4 is 16.5 Å². The van der Waals surface area contributed by atoms with Gasteiger partial charge in [0.2, 0.25) is 0 Å². The van der Waals surface area contributed by atoms with E-state index in [4.69, 9.17) is 0 Å². The third-order valence-electron chi connectivity index (χ3n) is 5.66. The molecule has 2 N–H and O–H groups in total. The Morgan fingerprint density at radius 1 is 0.609 bits per heavy atom. The van der Waals surface area contributed by atoms with Crippen molar-refractivity contribution in [3.63, 3.8) is 0 Å². The van der Waals surface area contributed by atoms with Crippen LogP contribution in [-0.2, 0) is 0 Å². The molecule has 0 aromatic rings. The second-order valence-electron chi connectivity index (χ2n) is 10.3. The van der Waals surface area contributed by atoms with Gasteiger partial charge < -0.3 is 9.96 Å². The lowest BCUT2D eigenvalue weighted by atomic mass is 9.74. The molecule has 4 atom stereocenters. The van der Waals surface area contributed by atoms with Crippen LogP contribution in [0.3, 0.4) is 0 Å². The highest BCUT2D eigenvalue weighted by Crippen LogP contribution is 2.36. The minimum Gasteiger partial charge on any atom is -0.334 e. The van der Waals surface area contributed by atoms with Crippen molar-refractivity contribution in [3.8, 4) is 0 Å². The molecule has 2 aliphatic rings. The number of rotatable bonds is 6. The van der Waals surface area contributed by atoms with Crippen LogP contribution >= 0.6 is 0 Å². The van der Waals surface area contributed by atoms with Gasteiger partial charge in [-0.25, -0.2) is 0 Å². The normalized spacial score (nSPS) is 33.7. The number of nitrogens with one attached hydrogen (secondary N) is 2. The quantitative estimate of drug-likeness (QED) is 0.629. The largest absolute Gasteiger partial charge is 0.334 e. The molecule has 4 unspecified atom stereocenters. The zero-order valence-corrected chi connectivity index (χ0v) is 18.7.